The van der Waals surface area contributed by atoms with Gasteiger partial charge in [-0.15, -0.1) is 0 Å². The zero-order valence-electron chi connectivity index (χ0n) is 11.3. The molecule has 1 aromatic carbocycles. The van der Waals surface area contributed by atoms with Gasteiger partial charge in [0, 0.05) is 6.54 Å². The number of piperidine rings is 1. The first-order chi connectivity index (χ1) is 9.82. The van der Waals surface area contributed by atoms with Crippen molar-refractivity contribution in [1.29, 1.82) is 0 Å². The van der Waals surface area contributed by atoms with E-state index in [-0.39, 0.29) is 16.6 Å². The predicted molar refractivity (Wildman–Crippen MR) is 75.2 cm³/mol. The van der Waals surface area contributed by atoms with Crippen LogP contribution in [-0.4, -0.2) is 28.6 Å². The lowest BCUT2D eigenvalue weighted by Gasteiger charge is -2.38. The Morgan fingerprint density at radius 1 is 1.57 bits per heavy atom. The fourth-order valence-corrected chi connectivity index (χ4v) is 2.89. The van der Waals surface area contributed by atoms with Gasteiger partial charge in [-0.1, -0.05) is 18.5 Å². The Morgan fingerprint density at radius 2 is 2.24 bits per heavy atom. The molecule has 1 N–H and O–H groups in total. The molecule has 0 amide bonds. The van der Waals surface area contributed by atoms with Gasteiger partial charge in [0.15, 0.2) is 0 Å². The molecule has 2 rings (SSSR count). The Bertz CT molecular complexity index is 596. The molecular weight excluding hydrogens is 303 g/mol. The molecule has 0 radical (unpaired) electrons. The van der Waals surface area contributed by atoms with Crippen molar-refractivity contribution in [3.05, 3.63) is 33.1 Å². The van der Waals surface area contributed by atoms with Crippen LogP contribution in [0.25, 0.3) is 0 Å². The van der Waals surface area contributed by atoms with Crippen LogP contribution in [0.15, 0.2) is 12.1 Å². The molecule has 21 heavy (non-hydrogen) atoms. The van der Waals surface area contributed by atoms with E-state index in [4.69, 9.17) is 11.6 Å². The Balaban J connectivity index is 2.55. The quantitative estimate of drug-likeness (QED) is 0.684. The molecule has 1 aliphatic heterocycles. The Kier molecular flexibility index (Phi) is 4.32. The van der Waals surface area contributed by atoms with Gasteiger partial charge in [0.05, 0.1) is 16.0 Å². The number of rotatable bonds is 3. The largest absolute Gasteiger partial charge is 0.480 e. The second kappa shape index (κ2) is 5.85. The number of nitrogens with zero attached hydrogens (tertiary/aromatic N) is 2. The third kappa shape index (κ3) is 2.92. The molecule has 2 unspecified atom stereocenters. The van der Waals surface area contributed by atoms with Crippen molar-refractivity contribution in [3.63, 3.8) is 0 Å². The second-order valence-electron chi connectivity index (χ2n) is 5.11. The van der Waals surface area contributed by atoms with Crippen LogP contribution in [0.3, 0.4) is 0 Å². The number of carbonyl (C=O) groups is 1. The number of benzene rings is 1. The van der Waals surface area contributed by atoms with Crippen molar-refractivity contribution >= 4 is 28.9 Å². The Hall–Kier alpha value is -1.89. The first kappa shape index (κ1) is 15.5. The fourth-order valence-electron chi connectivity index (χ4n) is 2.74. The van der Waals surface area contributed by atoms with E-state index in [0.717, 1.165) is 18.6 Å². The summed E-state index contributed by atoms with van der Waals surface area (Å²) < 4.78 is 13.4. The fraction of sp³-hybridized carbons (Fsp3) is 0.462. The van der Waals surface area contributed by atoms with Gasteiger partial charge in [-0.3, -0.25) is 10.1 Å². The molecule has 1 fully saturated rings. The highest BCUT2D eigenvalue weighted by Gasteiger charge is 2.37. The summed E-state index contributed by atoms with van der Waals surface area (Å²) in [6.45, 7) is 2.13. The lowest BCUT2D eigenvalue weighted by molar-refractivity contribution is -0.384. The standard InChI is InChI=1S/C13H14ClFN2O4/c1-7-3-2-4-16(12(7)13(18)19)10-5-8(14)9(15)6-11(10)17(20)21/h5-7,12H,2-4H2,1H3,(H,18,19). The number of nitro benzene ring substituents is 1. The van der Waals surface area contributed by atoms with Gasteiger partial charge in [-0.2, -0.15) is 0 Å². The van der Waals surface area contributed by atoms with Crippen molar-refractivity contribution in [3.8, 4) is 0 Å². The van der Waals surface area contributed by atoms with E-state index in [1.807, 2.05) is 0 Å². The van der Waals surface area contributed by atoms with E-state index in [9.17, 15) is 24.4 Å². The molecule has 6 nitrogen and oxygen atoms in total. The number of carboxylic acid groups (broad SMARTS) is 1. The summed E-state index contributed by atoms with van der Waals surface area (Å²) in [5, 5.41) is 20.2. The number of halogens is 2. The van der Waals surface area contributed by atoms with E-state index in [1.54, 1.807) is 6.92 Å². The first-order valence-corrected chi connectivity index (χ1v) is 6.83. The van der Waals surface area contributed by atoms with Gasteiger partial charge < -0.3 is 10.0 Å². The van der Waals surface area contributed by atoms with Crippen LogP contribution in [0, 0.1) is 21.8 Å². The van der Waals surface area contributed by atoms with E-state index < -0.39 is 28.4 Å². The molecule has 0 bridgehead atoms. The van der Waals surface area contributed by atoms with E-state index >= 15 is 0 Å². The number of hydrogen-bond acceptors (Lipinski definition) is 4. The van der Waals surface area contributed by atoms with E-state index in [0.29, 0.717) is 13.0 Å². The average Bonchev–Trinajstić information content (AvgIpc) is 2.40. The smallest absolute Gasteiger partial charge is 0.326 e. The molecule has 2 atom stereocenters. The molecular formula is C13H14ClFN2O4. The molecule has 114 valence electrons. The lowest BCUT2D eigenvalue weighted by atomic mass is 9.90. The van der Waals surface area contributed by atoms with Gasteiger partial charge in [-0.25, -0.2) is 9.18 Å². The van der Waals surface area contributed by atoms with Crippen molar-refractivity contribution < 1.29 is 19.2 Å². The number of anilines is 1. The molecule has 0 spiro atoms. The normalized spacial score (nSPS) is 22.1. The summed E-state index contributed by atoms with van der Waals surface area (Å²) in [5.41, 5.74) is -0.428. The number of nitro groups is 1. The summed E-state index contributed by atoms with van der Waals surface area (Å²) in [6.07, 6.45) is 1.42. The van der Waals surface area contributed by atoms with Crippen LogP contribution in [0.5, 0.6) is 0 Å². The molecule has 0 aliphatic carbocycles. The summed E-state index contributed by atoms with van der Waals surface area (Å²) in [5.74, 6) is -2.12. The van der Waals surface area contributed by atoms with Gasteiger partial charge in [0.1, 0.15) is 17.5 Å². The number of hydrogen-bond donors (Lipinski definition) is 1. The van der Waals surface area contributed by atoms with E-state index in [1.165, 1.54) is 4.90 Å². The van der Waals surface area contributed by atoms with Crippen LogP contribution in [-0.2, 0) is 4.79 Å². The summed E-state index contributed by atoms with van der Waals surface area (Å²) in [4.78, 5) is 23.3. The van der Waals surface area contributed by atoms with Crippen molar-refractivity contribution in [2.75, 3.05) is 11.4 Å². The van der Waals surface area contributed by atoms with Crippen molar-refractivity contribution in [2.24, 2.45) is 5.92 Å². The van der Waals surface area contributed by atoms with Gasteiger partial charge in [0.25, 0.3) is 5.69 Å². The first-order valence-electron chi connectivity index (χ1n) is 6.45. The highest BCUT2D eigenvalue weighted by atomic mass is 35.5. The third-order valence-electron chi connectivity index (χ3n) is 3.71. The highest BCUT2D eigenvalue weighted by Crippen LogP contribution is 2.37. The maximum absolute atomic E-state index is 13.4. The monoisotopic (exact) mass is 316 g/mol. The summed E-state index contributed by atoms with van der Waals surface area (Å²) >= 11 is 5.70. The molecule has 1 aliphatic rings. The highest BCUT2D eigenvalue weighted by molar-refractivity contribution is 6.31. The zero-order chi connectivity index (χ0) is 15.7. The van der Waals surface area contributed by atoms with Crippen LogP contribution in [0.2, 0.25) is 5.02 Å². The summed E-state index contributed by atoms with van der Waals surface area (Å²) in [7, 11) is 0. The maximum atomic E-state index is 13.4. The van der Waals surface area contributed by atoms with Gasteiger partial charge in [0.2, 0.25) is 0 Å². The minimum Gasteiger partial charge on any atom is -0.480 e. The van der Waals surface area contributed by atoms with Crippen molar-refractivity contribution in [1.82, 2.24) is 0 Å². The zero-order valence-corrected chi connectivity index (χ0v) is 12.0. The Morgan fingerprint density at radius 3 is 2.81 bits per heavy atom. The number of aliphatic carboxylic acids is 1. The second-order valence-corrected chi connectivity index (χ2v) is 5.52. The van der Waals surface area contributed by atoms with Crippen LogP contribution in [0.4, 0.5) is 15.8 Å². The molecule has 1 saturated heterocycles. The lowest BCUT2D eigenvalue weighted by Crippen LogP contribution is -2.49. The maximum Gasteiger partial charge on any atom is 0.326 e. The van der Waals surface area contributed by atoms with Crippen LogP contribution >= 0.6 is 11.6 Å². The van der Waals surface area contributed by atoms with Gasteiger partial charge >= 0.3 is 5.97 Å². The SMILES string of the molecule is CC1CCCN(c2cc(Cl)c(F)cc2[N+](=O)[O-])C1C(=O)O. The minimum atomic E-state index is -1.06. The van der Waals surface area contributed by atoms with Crippen molar-refractivity contribution in [2.45, 2.75) is 25.8 Å². The third-order valence-corrected chi connectivity index (χ3v) is 4.00. The molecule has 1 heterocycles. The van der Waals surface area contributed by atoms with Crippen LogP contribution < -0.4 is 4.90 Å². The Labute approximate surface area is 125 Å². The predicted octanol–water partition coefficient (Wildman–Crippen LogP) is 3.08. The molecule has 0 saturated carbocycles. The average molecular weight is 317 g/mol. The molecule has 1 aromatic rings. The summed E-state index contributed by atoms with van der Waals surface area (Å²) in [6, 6.07) is 0.970. The van der Waals surface area contributed by atoms with E-state index in [2.05, 4.69) is 0 Å². The molecule has 0 aromatic heterocycles. The minimum absolute atomic E-state index is 0.0466. The van der Waals surface area contributed by atoms with Gasteiger partial charge in [-0.05, 0) is 24.8 Å². The molecule has 8 heteroatoms. The topological polar surface area (TPSA) is 83.7 Å². The number of carboxylic acids is 1. The van der Waals surface area contributed by atoms with Crippen LogP contribution in [0.1, 0.15) is 19.8 Å².